The van der Waals surface area contributed by atoms with Crippen LogP contribution in [-0.2, 0) is 6.54 Å². The molecule has 1 aromatic rings. The van der Waals surface area contributed by atoms with Gasteiger partial charge in [-0.05, 0) is 43.0 Å². The van der Waals surface area contributed by atoms with E-state index < -0.39 is 11.6 Å². The van der Waals surface area contributed by atoms with Gasteiger partial charge in [0.25, 0.3) is 0 Å². The molecule has 2 unspecified atom stereocenters. The quantitative estimate of drug-likeness (QED) is 0.817. The van der Waals surface area contributed by atoms with Crippen molar-refractivity contribution >= 4 is 11.6 Å². The van der Waals surface area contributed by atoms with Crippen LogP contribution < -0.4 is 5.32 Å². The van der Waals surface area contributed by atoms with Gasteiger partial charge in [-0.25, -0.2) is 8.78 Å². The first-order valence-corrected chi connectivity index (χ1v) is 6.38. The summed E-state index contributed by atoms with van der Waals surface area (Å²) in [7, 11) is 0. The van der Waals surface area contributed by atoms with Crippen molar-refractivity contribution in [1.82, 2.24) is 5.32 Å². The standard InChI is InChI=1S/C13H16ClF2N/c14-13-3-1-2-10(13)8-17-7-9-4-11(15)6-12(16)5-9/h4-6,10,13,17H,1-3,7-8H2. The SMILES string of the molecule is Fc1cc(F)cc(CNCC2CCCC2Cl)c1. The molecule has 0 bridgehead atoms. The minimum atomic E-state index is -0.530. The monoisotopic (exact) mass is 259 g/mol. The van der Waals surface area contributed by atoms with E-state index in [-0.39, 0.29) is 5.38 Å². The third-order valence-electron chi connectivity index (χ3n) is 3.22. The lowest BCUT2D eigenvalue weighted by Gasteiger charge is -2.14. The lowest BCUT2D eigenvalue weighted by molar-refractivity contribution is 0.491. The molecule has 0 spiro atoms. The van der Waals surface area contributed by atoms with Crippen LogP contribution >= 0.6 is 11.6 Å². The Morgan fingerprint density at radius 3 is 2.47 bits per heavy atom. The van der Waals surface area contributed by atoms with Crippen molar-refractivity contribution in [2.75, 3.05) is 6.54 Å². The molecule has 2 atom stereocenters. The van der Waals surface area contributed by atoms with Crippen LogP contribution in [0.2, 0.25) is 0 Å². The molecule has 0 saturated heterocycles. The Morgan fingerprint density at radius 2 is 1.88 bits per heavy atom. The minimum Gasteiger partial charge on any atom is -0.312 e. The lowest BCUT2D eigenvalue weighted by atomic mass is 10.1. The second-order valence-electron chi connectivity index (χ2n) is 4.62. The second kappa shape index (κ2) is 5.78. The Hall–Kier alpha value is -0.670. The van der Waals surface area contributed by atoms with Crippen LogP contribution in [0.4, 0.5) is 8.78 Å². The van der Waals surface area contributed by atoms with Crippen molar-refractivity contribution in [3.8, 4) is 0 Å². The van der Waals surface area contributed by atoms with E-state index in [2.05, 4.69) is 5.32 Å². The average Bonchev–Trinajstić information content (AvgIpc) is 2.63. The molecule has 1 aromatic carbocycles. The number of hydrogen-bond donors (Lipinski definition) is 1. The molecule has 4 heteroatoms. The van der Waals surface area contributed by atoms with Crippen LogP contribution in [0.3, 0.4) is 0 Å². The van der Waals surface area contributed by atoms with Crippen LogP contribution in [0.25, 0.3) is 0 Å². The topological polar surface area (TPSA) is 12.0 Å². The molecule has 1 fully saturated rings. The summed E-state index contributed by atoms with van der Waals surface area (Å²) in [6, 6.07) is 3.58. The highest BCUT2D eigenvalue weighted by Crippen LogP contribution is 2.29. The molecule has 0 aromatic heterocycles. The third-order valence-corrected chi connectivity index (χ3v) is 3.80. The van der Waals surface area contributed by atoms with Crippen molar-refractivity contribution < 1.29 is 8.78 Å². The molecule has 1 saturated carbocycles. The summed E-state index contributed by atoms with van der Waals surface area (Å²) in [5, 5.41) is 3.45. The normalized spacial score (nSPS) is 24.2. The van der Waals surface area contributed by atoms with Gasteiger partial charge in [0.1, 0.15) is 11.6 Å². The molecule has 0 amide bonds. The first-order valence-electron chi connectivity index (χ1n) is 5.95. The smallest absolute Gasteiger partial charge is 0.126 e. The summed E-state index contributed by atoms with van der Waals surface area (Å²) >= 11 is 6.15. The van der Waals surface area contributed by atoms with Crippen molar-refractivity contribution in [3.05, 3.63) is 35.4 Å². The molecule has 0 aliphatic heterocycles. The molecule has 2 rings (SSSR count). The van der Waals surface area contributed by atoms with Gasteiger partial charge in [-0.3, -0.25) is 0 Å². The van der Waals surface area contributed by atoms with E-state index in [4.69, 9.17) is 11.6 Å². The molecule has 1 N–H and O–H groups in total. The molecule has 0 radical (unpaired) electrons. The largest absolute Gasteiger partial charge is 0.312 e. The Bertz CT molecular complexity index is 363. The van der Waals surface area contributed by atoms with Gasteiger partial charge in [0.2, 0.25) is 0 Å². The van der Waals surface area contributed by atoms with Crippen LogP contribution in [0.5, 0.6) is 0 Å². The maximum absolute atomic E-state index is 12.9. The minimum absolute atomic E-state index is 0.242. The second-order valence-corrected chi connectivity index (χ2v) is 5.18. The van der Waals surface area contributed by atoms with E-state index in [0.29, 0.717) is 18.0 Å². The van der Waals surface area contributed by atoms with Crippen molar-refractivity contribution in [1.29, 1.82) is 0 Å². The Labute approximate surface area is 105 Å². The highest BCUT2D eigenvalue weighted by Gasteiger charge is 2.24. The molecular formula is C13H16ClF2N. The first kappa shape index (κ1) is 12.8. The Balaban J connectivity index is 1.81. The zero-order valence-electron chi connectivity index (χ0n) is 9.56. The van der Waals surface area contributed by atoms with E-state index in [1.54, 1.807) is 0 Å². The lowest BCUT2D eigenvalue weighted by Crippen LogP contribution is -2.25. The number of hydrogen-bond acceptors (Lipinski definition) is 1. The van der Waals surface area contributed by atoms with Gasteiger partial charge in [0, 0.05) is 18.0 Å². The van der Waals surface area contributed by atoms with Gasteiger partial charge < -0.3 is 5.32 Å². The van der Waals surface area contributed by atoms with Crippen molar-refractivity contribution in [3.63, 3.8) is 0 Å². The fraction of sp³-hybridized carbons (Fsp3) is 0.538. The van der Waals surface area contributed by atoms with E-state index in [0.717, 1.165) is 25.5 Å². The number of nitrogens with one attached hydrogen (secondary N) is 1. The van der Waals surface area contributed by atoms with Gasteiger partial charge in [-0.15, -0.1) is 11.6 Å². The molecule has 17 heavy (non-hydrogen) atoms. The summed E-state index contributed by atoms with van der Waals surface area (Å²) in [5.74, 6) is -0.578. The predicted octanol–water partition coefficient (Wildman–Crippen LogP) is 3.46. The zero-order valence-corrected chi connectivity index (χ0v) is 10.3. The van der Waals surface area contributed by atoms with E-state index >= 15 is 0 Å². The van der Waals surface area contributed by atoms with Gasteiger partial charge in [0.05, 0.1) is 0 Å². The highest BCUT2D eigenvalue weighted by molar-refractivity contribution is 6.20. The summed E-state index contributed by atoms with van der Waals surface area (Å²) in [4.78, 5) is 0. The van der Waals surface area contributed by atoms with E-state index in [9.17, 15) is 8.78 Å². The van der Waals surface area contributed by atoms with Gasteiger partial charge in [-0.1, -0.05) is 6.42 Å². The molecule has 1 aliphatic carbocycles. The third kappa shape index (κ3) is 3.65. The maximum atomic E-state index is 12.9. The van der Waals surface area contributed by atoms with Crippen molar-refractivity contribution in [2.45, 2.75) is 31.2 Å². The number of benzene rings is 1. The van der Waals surface area contributed by atoms with Gasteiger partial charge >= 0.3 is 0 Å². The van der Waals surface area contributed by atoms with Crippen LogP contribution in [0, 0.1) is 17.6 Å². The summed E-state index contributed by atoms with van der Waals surface area (Å²) in [5.41, 5.74) is 0.631. The first-order chi connectivity index (χ1) is 8.15. The fourth-order valence-electron chi connectivity index (χ4n) is 2.34. The van der Waals surface area contributed by atoms with Gasteiger partial charge in [-0.2, -0.15) is 0 Å². The molecule has 0 heterocycles. The van der Waals surface area contributed by atoms with Crippen LogP contribution in [0.1, 0.15) is 24.8 Å². The summed E-state index contributed by atoms with van der Waals surface area (Å²) in [6.07, 6.45) is 3.39. The fourth-order valence-corrected chi connectivity index (χ4v) is 2.71. The number of halogens is 3. The summed E-state index contributed by atoms with van der Waals surface area (Å²) < 4.78 is 25.9. The van der Waals surface area contributed by atoms with Crippen molar-refractivity contribution in [2.24, 2.45) is 5.92 Å². The molecule has 94 valence electrons. The summed E-state index contributed by atoms with van der Waals surface area (Å²) in [6.45, 7) is 1.29. The number of rotatable bonds is 4. The van der Waals surface area contributed by atoms with E-state index in [1.807, 2.05) is 0 Å². The van der Waals surface area contributed by atoms with Crippen LogP contribution in [0.15, 0.2) is 18.2 Å². The van der Waals surface area contributed by atoms with E-state index in [1.165, 1.54) is 18.6 Å². The Morgan fingerprint density at radius 1 is 1.18 bits per heavy atom. The predicted molar refractivity (Wildman–Crippen MR) is 65.0 cm³/mol. The Kier molecular flexibility index (Phi) is 4.35. The molecule has 1 aliphatic rings. The maximum Gasteiger partial charge on any atom is 0.126 e. The van der Waals surface area contributed by atoms with Crippen LogP contribution in [-0.4, -0.2) is 11.9 Å². The molecular weight excluding hydrogens is 244 g/mol. The van der Waals surface area contributed by atoms with Gasteiger partial charge in [0.15, 0.2) is 0 Å². The molecule has 1 nitrogen and oxygen atoms in total. The average molecular weight is 260 g/mol. The zero-order chi connectivity index (χ0) is 12.3. The highest BCUT2D eigenvalue weighted by atomic mass is 35.5. The number of alkyl halides is 1.